The standard InChI is InChI=1S/C26H26O5.C3H7NO2/c1-28-19-11-9-18(10-12-19)26-21(17-7-5-4-6-8-17)13-14-25(26,27)24-22(30-3)15-20(29-2)16-23(24)31-26;1-4(3-5)6-2/h4-12,15-16,21,27H,13-14H2,1-3H3;3H,1-2H3. The summed E-state index contributed by atoms with van der Waals surface area (Å²) in [4.78, 5) is 13.9. The molecule has 1 aliphatic carbocycles. The fourth-order valence-electron chi connectivity index (χ4n) is 5.47. The first-order valence-corrected chi connectivity index (χ1v) is 12.0. The molecule has 1 saturated carbocycles. The minimum Gasteiger partial charge on any atom is -0.497 e. The third-order valence-electron chi connectivity index (χ3n) is 7.24. The average Bonchev–Trinajstić information content (AvgIpc) is 3.39. The number of rotatable bonds is 7. The Bertz CT molecular complexity index is 1220. The maximum atomic E-state index is 12.3. The number of methoxy groups -OCH3 is 3. The molecule has 1 N–H and O–H groups in total. The molecule has 3 atom stereocenters. The molecule has 8 nitrogen and oxygen atoms in total. The van der Waals surface area contributed by atoms with E-state index in [1.807, 2.05) is 48.5 Å². The van der Waals surface area contributed by atoms with Gasteiger partial charge in [-0.1, -0.05) is 42.5 Å². The second-order valence-corrected chi connectivity index (χ2v) is 8.97. The number of fused-ring (bicyclic) bond motifs is 3. The fourth-order valence-corrected chi connectivity index (χ4v) is 5.47. The highest BCUT2D eigenvalue weighted by atomic mass is 16.7. The van der Waals surface area contributed by atoms with E-state index < -0.39 is 11.2 Å². The van der Waals surface area contributed by atoms with E-state index in [9.17, 15) is 9.90 Å². The van der Waals surface area contributed by atoms with Crippen molar-refractivity contribution in [1.82, 2.24) is 5.06 Å². The van der Waals surface area contributed by atoms with Gasteiger partial charge in [0.05, 0.1) is 34.0 Å². The topological polar surface area (TPSA) is 86.7 Å². The molecule has 0 radical (unpaired) electrons. The van der Waals surface area contributed by atoms with Gasteiger partial charge in [0.15, 0.2) is 5.60 Å². The Morgan fingerprint density at radius 1 is 0.946 bits per heavy atom. The Labute approximate surface area is 217 Å². The van der Waals surface area contributed by atoms with Crippen LogP contribution in [0.25, 0.3) is 0 Å². The van der Waals surface area contributed by atoms with Crippen LogP contribution in [0.2, 0.25) is 0 Å². The first-order chi connectivity index (χ1) is 17.9. The summed E-state index contributed by atoms with van der Waals surface area (Å²) in [5.74, 6) is 2.50. The third kappa shape index (κ3) is 4.36. The van der Waals surface area contributed by atoms with Gasteiger partial charge >= 0.3 is 0 Å². The smallest absolute Gasteiger partial charge is 0.233 e. The molecule has 0 spiro atoms. The lowest BCUT2D eigenvalue weighted by atomic mass is 9.71. The van der Waals surface area contributed by atoms with Gasteiger partial charge in [0, 0.05) is 25.1 Å². The molecule has 0 aromatic heterocycles. The van der Waals surface area contributed by atoms with Crippen LogP contribution < -0.4 is 18.9 Å². The molecule has 3 unspecified atom stereocenters. The van der Waals surface area contributed by atoms with E-state index in [0.717, 1.165) is 28.4 Å². The van der Waals surface area contributed by atoms with E-state index in [1.54, 1.807) is 27.4 Å². The van der Waals surface area contributed by atoms with Crippen molar-refractivity contribution in [1.29, 1.82) is 0 Å². The Morgan fingerprint density at radius 3 is 2.16 bits per heavy atom. The molecule has 0 saturated heterocycles. The lowest BCUT2D eigenvalue weighted by Gasteiger charge is -2.40. The second-order valence-electron chi connectivity index (χ2n) is 8.97. The molecule has 1 heterocycles. The van der Waals surface area contributed by atoms with Crippen LogP contribution >= 0.6 is 0 Å². The van der Waals surface area contributed by atoms with Gasteiger partial charge in [-0.15, -0.1) is 0 Å². The van der Waals surface area contributed by atoms with E-state index in [-0.39, 0.29) is 5.92 Å². The predicted molar refractivity (Wildman–Crippen MR) is 138 cm³/mol. The molecule has 1 aliphatic heterocycles. The lowest BCUT2D eigenvalue weighted by molar-refractivity contribution is -0.153. The van der Waals surface area contributed by atoms with E-state index in [4.69, 9.17) is 18.9 Å². The first-order valence-electron chi connectivity index (χ1n) is 12.0. The summed E-state index contributed by atoms with van der Waals surface area (Å²) in [5.41, 5.74) is 0.467. The molecule has 5 rings (SSSR count). The van der Waals surface area contributed by atoms with Gasteiger partial charge in [-0.05, 0) is 36.1 Å². The van der Waals surface area contributed by atoms with Crippen LogP contribution in [-0.4, -0.2) is 52.1 Å². The van der Waals surface area contributed by atoms with Gasteiger partial charge in [0.2, 0.25) is 6.41 Å². The van der Waals surface area contributed by atoms with E-state index in [1.165, 1.54) is 14.2 Å². The number of nitrogens with zero attached hydrogens (tertiary/aromatic N) is 1. The van der Waals surface area contributed by atoms with Crippen LogP contribution in [0.1, 0.15) is 35.4 Å². The maximum absolute atomic E-state index is 12.3. The van der Waals surface area contributed by atoms with Gasteiger partial charge in [-0.2, -0.15) is 0 Å². The molecular weight excluding hydrogens is 474 g/mol. The zero-order chi connectivity index (χ0) is 26.6. The van der Waals surface area contributed by atoms with Crippen molar-refractivity contribution in [2.75, 3.05) is 35.5 Å². The molecule has 8 heteroatoms. The second kappa shape index (κ2) is 10.7. The number of hydrogen-bond acceptors (Lipinski definition) is 7. The first kappa shape index (κ1) is 26.3. The molecule has 3 aromatic rings. The van der Waals surface area contributed by atoms with E-state index >= 15 is 0 Å². The number of hydroxylamine groups is 2. The summed E-state index contributed by atoms with van der Waals surface area (Å²) < 4.78 is 23.3. The molecular formula is C29H33NO7. The molecule has 0 bridgehead atoms. The number of carbonyl (C=O) groups excluding carboxylic acids is 1. The van der Waals surface area contributed by atoms with Gasteiger partial charge in [-0.25, -0.2) is 5.06 Å². The number of ether oxygens (including phenoxy) is 4. The zero-order valence-corrected chi connectivity index (χ0v) is 21.8. The van der Waals surface area contributed by atoms with Crippen molar-refractivity contribution >= 4 is 6.41 Å². The lowest BCUT2D eigenvalue weighted by Crippen LogP contribution is -2.48. The van der Waals surface area contributed by atoms with E-state index in [0.29, 0.717) is 35.6 Å². The van der Waals surface area contributed by atoms with Gasteiger partial charge in [-0.3, -0.25) is 9.63 Å². The summed E-state index contributed by atoms with van der Waals surface area (Å²) in [5, 5.41) is 13.4. The maximum Gasteiger partial charge on any atom is 0.233 e. The monoisotopic (exact) mass is 507 g/mol. The number of benzene rings is 3. The number of amides is 1. The molecule has 3 aromatic carbocycles. The van der Waals surface area contributed by atoms with Crippen LogP contribution in [0.3, 0.4) is 0 Å². The van der Waals surface area contributed by atoms with Crippen molar-refractivity contribution in [3.63, 3.8) is 0 Å². The van der Waals surface area contributed by atoms with Crippen LogP contribution in [-0.2, 0) is 20.8 Å². The molecule has 2 aliphatic rings. The highest BCUT2D eigenvalue weighted by molar-refractivity contribution is 5.61. The minimum atomic E-state index is -1.25. The highest BCUT2D eigenvalue weighted by Gasteiger charge is 2.69. The van der Waals surface area contributed by atoms with Crippen LogP contribution in [0.5, 0.6) is 23.0 Å². The van der Waals surface area contributed by atoms with Gasteiger partial charge < -0.3 is 24.1 Å². The normalized spacial score (nSPS) is 23.0. The molecule has 1 fully saturated rings. The van der Waals surface area contributed by atoms with Crippen molar-refractivity contribution < 1.29 is 33.7 Å². The summed E-state index contributed by atoms with van der Waals surface area (Å²) in [6.45, 7) is 0. The van der Waals surface area contributed by atoms with Crippen LogP contribution in [0, 0.1) is 0 Å². The van der Waals surface area contributed by atoms with Crippen molar-refractivity contribution in [2.45, 2.75) is 30.0 Å². The third-order valence-corrected chi connectivity index (χ3v) is 7.24. The number of carbonyl (C=O) groups is 1. The Hall–Kier alpha value is -3.75. The Balaban J connectivity index is 0.000000480. The summed E-state index contributed by atoms with van der Waals surface area (Å²) in [6.07, 6.45) is 1.91. The van der Waals surface area contributed by atoms with Crippen molar-refractivity contribution in [3.05, 3.63) is 83.4 Å². The molecule has 1 amide bonds. The van der Waals surface area contributed by atoms with E-state index in [2.05, 4.69) is 17.0 Å². The fraction of sp³-hybridized carbons (Fsp3) is 0.345. The summed E-state index contributed by atoms with van der Waals surface area (Å²) in [6, 6.07) is 21.7. The Kier molecular flexibility index (Phi) is 7.61. The SMILES string of the molecule is CON(C)C=O.COc1ccc(C23Oc4cc(OC)cc(OC)c4C2(O)CCC3c2ccccc2)cc1. The Morgan fingerprint density at radius 2 is 1.62 bits per heavy atom. The average molecular weight is 508 g/mol. The number of aliphatic hydroxyl groups is 1. The molecule has 37 heavy (non-hydrogen) atoms. The quantitative estimate of drug-likeness (QED) is 0.375. The van der Waals surface area contributed by atoms with Crippen molar-refractivity contribution in [2.24, 2.45) is 0 Å². The largest absolute Gasteiger partial charge is 0.497 e. The summed E-state index contributed by atoms with van der Waals surface area (Å²) >= 11 is 0. The highest BCUT2D eigenvalue weighted by Crippen LogP contribution is 2.68. The van der Waals surface area contributed by atoms with Crippen molar-refractivity contribution in [3.8, 4) is 23.0 Å². The summed E-state index contributed by atoms with van der Waals surface area (Å²) in [7, 11) is 7.81. The van der Waals surface area contributed by atoms with Crippen LogP contribution in [0.4, 0.5) is 0 Å². The molecule has 196 valence electrons. The number of hydrogen-bond donors (Lipinski definition) is 1. The minimum absolute atomic E-state index is 0.0461. The van der Waals surface area contributed by atoms with Crippen LogP contribution in [0.15, 0.2) is 66.7 Å². The predicted octanol–water partition coefficient (Wildman–Crippen LogP) is 4.40. The zero-order valence-electron chi connectivity index (χ0n) is 21.8. The van der Waals surface area contributed by atoms with Gasteiger partial charge in [0.25, 0.3) is 0 Å². The van der Waals surface area contributed by atoms with Gasteiger partial charge in [0.1, 0.15) is 28.6 Å².